The maximum Gasteiger partial charge on any atom is 0.128 e. The molecule has 0 aliphatic carbocycles. The lowest BCUT2D eigenvalue weighted by Crippen LogP contribution is -2.32. The van der Waals surface area contributed by atoms with Gasteiger partial charge < -0.3 is 15.8 Å². The maximum atomic E-state index is 5.88. The number of aromatic nitrogens is 1. The van der Waals surface area contributed by atoms with E-state index in [1.165, 1.54) is 0 Å². The first-order valence-electron chi connectivity index (χ1n) is 5.76. The van der Waals surface area contributed by atoms with E-state index in [4.69, 9.17) is 10.5 Å². The first kappa shape index (κ1) is 12.9. The number of rotatable bonds is 6. The van der Waals surface area contributed by atoms with Gasteiger partial charge in [-0.15, -0.1) is 0 Å². The van der Waals surface area contributed by atoms with Crippen LogP contribution in [0.3, 0.4) is 0 Å². The number of pyridine rings is 1. The van der Waals surface area contributed by atoms with Crippen LogP contribution in [-0.2, 0) is 4.74 Å². The zero-order valence-electron chi connectivity index (χ0n) is 10.2. The van der Waals surface area contributed by atoms with Crippen LogP contribution in [0.2, 0.25) is 0 Å². The highest BCUT2D eigenvalue weighted by atomic mass is 16.5. The van der Waals surface area contributed by atoms with Crippen LogP contribution in [0, 0.1) is 0 Å². The minimum atomic E-state index is 0.0800. The SMILES string of the molecule is CCNC(c1cccnc1N)C(C)OCC. The molecule has 1 rings (SSSR count). The maximum absolute atomic E-state index is 5.88. The Morgan fingerprint density at radius 3 is 2.81 bits per heavy atom. The van der Waals surface area contributed by atoms with Crippen molar-refractivity contribution < 1.29 is 4.74 Å². The molecule has 0 fully saturated rings. The average molecular weight is 223 g/mol. The lowest BCUT2D eigenvalue weighted by Gasteiger charge is -2.25. The van der Waals surface area contributed by atoms with Gasteiger partial charge in [-0.05, 0) is 26.5 Å². The zero-order chi connectivity index (χ0) is 12.0. The molecule has 3 N–H and O–H groups in total. The number of likely N-dealkylation sites (N-methyl/N-ethyl adjacent to an activating group) is 1. The van der Waals surface area contributed by atoms with Gasteiger partial charge in [0, 0.05) is 18.4 Å². The van der Waals surface area contributed by atoms with Crippen LogP contribution in [0.15, 0.2) is 18.3 Å². The second-order valence-electron chi connectivity index (χ2n) is 3.67. The Morgan fingerprint density at radius 1 is 1.50 bits per heavy atom. The lowest BCUT2D eigenvalue weighted by atomic mass is 10.0. The molecule has 4 heteroatoms. The second kappa shape index (κ2) is 6.45. The first-order valence-corrected chi connectivity index (χ1v) is 5.76. The molecule has 0 spiro atoms. The third kappa shape index (κ3) is 3.18. The molecule has 0 aliphatic rings. The highest BCUT2D eigenvalue weighted by molar-refractivity contribution is 5.41. The molecule has 2 unspecified atom stereocenters. The summed E-state index contributed by atoms with van der Waals surface area (Å²) in [6.45, 7) is 7.67. The van der Waals surface area contributed by atoms with Crippen molar-refractivity contribution in [3.8, 4) is 0 Å². The Bertz CT molecular complexity index is 317. The molecule has 0 saturated heterocycles. The van der Waals surface area contributed by atoms with Gasteiger partial charge in [0.2, 0.25) is 0 Å². The van der Waals surface area contributed by atoms with E-state index < -0.39 is 0 Å². The number of ether oxygens (including phenoxy) is 1. The molecule has 0 radical (unpaired) electrons. The predicted molar refractivity (Wildman–Crippen MR) is 66.2 cm³/mol. The third-order valence-corrected chi connectivity index (χ3v) is 2.53. The van der Waals surface area contributed by atoms with E-state index in [1.54, 1.807) is 6.20 Å². The van der Waals surface area contributed by atoms with Crippen molar-refractivity contribution >= 4 is 5.82 Å². The molecule has 1 aromatic rings. The van der Waals surface area contributed by atoms with Crippen LogP contribution < -0.4 is 11.1 Å². The summed E-state index contributed by atoms with van der Waals surface area (Å²) in [4.78, 5) is 4.11. The van der Waals surface area contributed by atoms with Gasteiger partial charge in [-0.2, -0.15) is 0 Å². The van der Waals surface area contributed by atoms with Crippen LogP contribution in [0.5, 0.6) is 0 Å². The number of hydrogen-bond donors (Lipinski definition) is 2. The summed E-state index contributed by atoms with van der Waals surface area (Å²) in [5, 5.41) is 3.38. The van der Waals surface area contributed by atoms with Gasteiger partial charge >= 0.3 is 0 Å². The fourth-order valence-corrected chi connectivity index (χ4v) is 1.80. The third-order valence-electron chi connectivity index (χ3n) is 2.53. The standard InChI is InChI=1S/C12H21N3O/c1-4-14-11(9(3)16-5-2)10-7-6-8-15-12(10)13/h6-9,11,14H,4-5H2,1-3H3,(H2,13,15). The Kier molecular flexibility index (Phi) is 5.22. The molecular formula is C12H21N3O. The molecule has 90 valence electrons. The summed E-state index contributed by atoms with van der Waals surface area (Å²) in [6.07, 6.45) is 1.78. The van der Waals surface area contributed by atoms with Crippen LogP contribution in [0.25, 0.3) is 0 Å². The number of anilines is 1. The number of nitrogens with one attached hydrogen (secondary N) is 1. The minimum Gasteiger partial charge on any atom is -0.383 e. The first-order chi connectivity index (χ1) is 7.70. The largest absolute Gasteiger partial charge is 0.383 e. The normalized spacial score (nSPS) is 14.7. The summed E-state index contributed by atoms with van der Waals surface area (Å²) < 4.78 is 5.62. The summed E-state index contributed by atoms with van der Waals surface area (Å²) >= 11 is 0. The van der Waals surface area contributed by atoms with Gasteiger partial charge in [0.1, 0.15) is 5.82 Å². The average Bonchev–Trinajstić information content (AvgIpc) is 2.27. The van der Waals surface area contributed by atoms with Crippen LogP contribution >= 0.6 is 0 Å². The molecule has 0 bridgehead atoms. The highest BCUT2D eigenvalue weighted by Gasteiger charge is 2.20. The van der Waals surface area contributed by atoms with Gasteiger partial charge in [0.05, 0.1) is 12.1 Å². The highest BCUT2D eigenvalue weighted by Crippen LogP contribution is 2.22. The van der Waals surface area contributed by atoms with E-state index in [0.717, 1.165) is 12.1 Å². The minimum absolute atomic E-state index is 0.0800. The van der Waals surface area contributed by atoms with Gasteiger partial charge in [-0.3, -0.25) is 0 Å². The monoisotopic (exact) mass is 223 g/mol. The van der Waals surface area contributed by atoms with Gasteiger partial charge in [-0.25, -0.2) is 4.98 Å². The molecule has 1 aromatic heterocycles. The van der Waals surface area contributed by atoms with E-state index in [1.807, 2.05) is 26.0 Å². The number of nitrogens with two attached hydrogens (primary N) is 1. The molecule has 0 aromatic carbocycles. The summed E-state index contributed by atoms with van der Waals surface area (Å²) in [5.74, 6) is 0.569. The molecule has 2 atom stereocenters. The lowest BCUT2D eigenvalue weighted by molar-refractivity contribution is 0.0478. The van der Waals surface area contributed by atoms with Crippen LogP contribution in [-0.4, -0.2) is 24.2 Å². The van der Waals surface area contributed by atoms with Crippen molar-refractivity contribution in [1.82, 2.24) is 10.3 Å². The Hall–Kier alpha value is -1.13. The van der Waals surface area contributed by atoms with Gasteiger partial charge in [-0.1, -0.05) is 13.0 Å². The summed E-state index contributed by atoms with van der Waals surface area (Å²) in [6, 6.07) is 3.98. The topological polar surface area (TPSA) is 60.2 Å². The quantitative estimate of drug-likeness (QED) is 0.771. The predicted octanol–water partition coefficient (Wildman–Crippen LogP) is 1.74. The van der Waals surface area contributed by atoms with Crippen LogP contribution in [0.1, 0.15) is 32.4 Å². The van der Waals surface area contributed by atoms with Gasteiger partial charge in [0.25, 0.3) is 0 Å². The molecular weight excluding hydrogens is 202 g/mol. The zero-order valence-corrected chi connectivity index (χ0v) is 10.2. The smallest absolute Gasteiger partial charge is 0.128 e. The molecule has 0 aliphatic heterocycles. The van der Waals surface area contributed by atoms with Crippen molar-refractivity contribution in [2.45, 2.75) is 32.9 Å². The molecule has 0 saturated carbocycles. The number of hydrogen-bond acceptors (Lipinski definition) is 4. The fraction of sp³-hybridized carbons (Fsp3) is 0.583. The molecule has 16 heavy (non-hydrogen) atoms. The van der Waals surface area contributed by atoms with E-state index in [0.29, 0.717) is 12.4 Å². The van der Waals surface area contributed by atoms with Gasteiger partial charge in [0.15, 0.2) is 0 Å². The van der Waals surface area contributed by atoms with E-state index in [2.05, 4.69) is 17.2 Å². The molecule has 4 nitrogen and oxygen atoms in total. The Balaban J connectivity index is 2.88. The van der Waals surface area contributed by atoms with E-state index >= 15 is 0 Å². The van der Waals surface area contributed by atoms with Crippen molar-refractivity contribution in [1.29, 1.82) is 0 Å². The van der Waals surface area contributed by atoms with Crippen LogP contribution in [0.4, 0.5) is 5.82 Å². The van der Waals surface area contributed by atoms with E-state index in [-0.39, 0.29) is 12.1 Å². The van der Waals surface area contributed by atoms with Crippen molar-refractivity contribution in [2.24, 2.45) is 0 Å². The molecule has 1 heterocycles. The molecule has 0 amide bonds. The number of nitrogens with zero attached hydrogens (tertiary/aromatic N) is 1. The summed E-state index contributed by atoms with van der Waals surface area (Å²) in [5.41, 5.74) is 6.88. The second-order valence-corrected chi connectivity index (χ2v) is 3.67. The number of nitrogen functional groups attached to an aromatic ring is 1. The van der Waals surface area contributed by atoms with Crippen molar-refractivity contribution in [3.05, 3.63) is 23.9 Å². The fourth-order valence-electron chi connectivity index (χ4n) is 1.80. The van der Waals surface area contributed by atoms with Crippen molar-refractivity contribution in [2.75, 3.05) is 18.9 Å². The van der Waals surface area contributed by atoms with E-state index in [9.17, 15) is 0 Å². The Morgan fingerprint density at radius 2 is 2.25 bits per heavy atom. The Labute approximate surface area is 97.2 Å². The van der Waals surface area contributed by atoms with Crippen molar-refractivity contribution in [3.63, 3.8) is 0 Å². The summed E-state index contributed by atoms with van der Waals surface area (Å²) in [7, 11) is 0.